The van der Waals surface area contributed by atoms with Crippen molar-refractivity contribution >= 4 is 0 Å². The van der Waals surface area contributed by atoms with Gasteiger partial charge >= 0.3 is 0 Å². The molecule has 1 radical (unpaired) electrons. The normalized spacial score (nSPS) is 9.29. The molecule has 0 saturated heterocycles. The highest BCUT2D eigenvalue weighted by molar-refractivity contribution is 4.55. The molecular formula is C4H6N3. The maximum absolute atomic E-state index is 3.78. The molecule has 1 aromatic heterocycles. The minimum atomic E-state index is 0.823. The predicted molar refractivity (Wildman–Crippen MR) is 24.5 cm³/mol. The van der Waals surface area contributed by atoms with Crippen LogP contribution in [0.1, 0.15) is 6.92 Å². The number of rotatable bonds is 1. The van der Waals surface area contributed by atoms with Crippen molar-refractivity contribution in [3.05, 3.63) is 12.4 Å². The average Bonchev–Trinajstić information content (AvgIpc) is 2.14. The van der Waals surface area contributed by atoms with Gasteiger partial charge in [-0.05, 0) is 6.92 Å². The van der Waals surface area contributed by atoms with E-state index in [9.17, 15) is 0 Å². The fraction of sp³-hybridized carbons (Fsp3) is 0.500. The third kappa shape index (κ3) is 0.765. The van der Waals surface area contributed by atoms with Gasteiger partial charge < -0.3 is 0 Å². The molecule has 7 heavy (non-hydrogen) atoms. The summed E-state index contributed by atoms with van der Waals surface area (Å²) in [5, 5.41) is 7.50. The average molecular weight is 96.1 g/mol. The Balaban J connectivity index is 2.76. The summed E-state index contributed by atoms with van der Waals surface area (Å²) >= 11 is 0. The monoisotopic (exact) mass is 96.1 g/mol. The third-order valence-corrected chi connectivity index (χ3v) is 0.705. The number of aryl methyl sites for hydroxylation is 1. The summed E-state index contributed by atoms with van der Waals surface area (Å²) in [4.78, 5) is 1.57. The molecule has 37 valence electrons. The van der Waals surface area contributed by atoms with Crippen LogP contribution >= 0.6 is 0 Å². The molecular weight excluding hydrogens is 90.1 g/mol. The fourth-order valence-corrected chi connectivity index (χ4v) is 0.363. The van der Waals surface area contributed by atoms with E-state index in [-0.39, 0.29) is 0 Å². The van der Waals surface area contributed by atoms with Crippen LogP contribution in [0.3, 0.4) is 0 Å². The molecule has 3 heteroatoms. The van der Waals surface area contributed by atoms with E-state index in [2.05, 4.69) is 16.4 Å². The Hall–Kier alpha value is -0.860. The number of nitrogens with zero attached hydrogens (tertiary/aromatic N) is 3. The Labute approximate surface area is 42.0 Å². The zero-order valence-corrected chi connectivity index (χ0v) is 4.13. The van der Waals surface area contributed by atoms with Gasteiger partial charge in [0.2, 0.25) is 0 Å². The SMILES string of the molecule is CCn1n[c]cn1. The van der Waals surface area contributed by atoms with E-state index >= 15 is 0 Å². The second-order valence-electron chi connectivity index (χ2n) is 1.16. The van der Waals surface area contributed by atoms with Crippen LogP contribution in [-0.2, 0) is 6.54 Å². The standard InChI is InChI=1S/C4H6N3/c1-2-7-5-3-4-6-7/h3H,2H2,1H3. The van der Waals surface area contributed by atoms with Crippen LogP contribution in [0.25, 0.3) is 0 Å². The van der Waals surface area contributed by atoms with E-state index < -0.39 is 0 Å². The Morgan fingerprint density at radius 1 is 1.86 bits per heavy atom. The molecule has 0 bridgehead atoms. The van der Waals surface area contributed by atoms with Crippen LogP contribution in [0.15, 0.2) is 6.20 Å². The zero-order chi connectivity index (χ0) is 5.11. The zero-order valence-electron chi connectivity index (χ0n) is 4.13. The summed E-state index contributed by atoms with van der Waals surface area (Å²) in [6.07, 6.45) is 4.13. The maximum Gasteiger partial charge on any atom is 0.134 e. The van der Waals surface area contributed by atoms with Crippen LogP contribution in [0, 0.1) is 6.20 Å². The number of hydrogen-bond donors (Lipinski definition) is 0. The Morgan fingerprint density at radius 2 is 2.71 bits per heavy atom. The van der Waals surface area contributed by atoms with Crippen LogP contribution in [-0.4, -0.2) is 15.0 Å². The van der Waals surface area contributed by atoms with Crippen LogP contribution in [0.5, 0.6) is 0 Å². The molecule has 0 aliphatic heterocycles. The first-order chi connectivity index (χ1) is 3.43. The molecule has 1 rings (SSSR count). The van der Waals surface area contributed by atoms with Crippen molar-refractivity contribution in [2.45, 2.75) is 13.5 Å². The largest absolute Gasteiger partial charge is 0.185 e. The first-order valence-electron chi connectivity index (χ1n) is 2.19. The summed E-state index contributed by atoms with van der Waals surface area (Å²) < 4.78 is 0. The highest BCUT2D eigenvalue weighted by atomic mass is 15.5. The van der Waals surface area contributed by atoms with Gasteiger partial charge in [-0.3, -0.25) is 0 Å². The molecule has 1 aromatic rings. The van der Waals surface area contributed by atoms with Gasteiger partial charge in [0.15, 0.2) is 0 Å². The smallest absolute Gasteiger partial charge is 0.134 e. The van der Waals surface area contributed by atoms with Gasteiger partial charge in [-0.25, -0.2) is 0 Å². The van der Waals surface area contributed by atoms with Gasteiger partial charge in [-0.15, -0.1) is 0 Å². The molecule has 1 heterocycles. The second-order valence-corrected chi connectivity index (χ2v) is 1.16. The highest BCUT2D eigenvalue weighted by Crippen LogP contribution is 1.71. The van der Waals surface area contributed by atoms with Gasteiger partial charge in [-0.2, -0.15) is 15.0 Å². The van der Waals surface area contributed by atoms with E-state index in [4.69, 9.17) is 0 Å². The molecule has 3 nitrogen and oxygen atoms in total. The van der Waals surface area contributed by atoms with Gasteiger partial charge in [0.05, 0.1) is 12.7 Å². The minimum absolute atomic E-state index is 0.823. The summed E-state index contributed by atoms with van der Waals surface area (Å²) in [7, 11) is 0. The first kappa shape index (κ1) is 4.30. The lowest BCUT2D eigenvalue weighted by molar-refractivity contribution is 0.569. The quantitative estimate of drug-likeness (QED) is 0.496. The second kappa shape index (κ2) is 1.73. The van der Waals surface area contributed by atoms with Crippen molar-refractivity contribution in [3.63, 3.8) is 0 Å². The summed E-state index contributed by atoms with van der Waals surface area (Å²) in [5.74, 6) is 0. The lowest BCUT2D eigenvalue weighted by atomic mass is 10.8. The van der Waals surface area contributed by atoms with E-state index in [0.29, 0.717) is 0 Å². The Morgan fingerprint density at radius 3 is 3.00 bits per heavy atom. The van der Waals surface area contributed by atoms with Crippen LogP contribution in [0.4, 0.5) is 0 Å². The van der Waals surface area contributed by atoms with E-state index in [1.165, 1.54) is 0 Å². The maximum atomic E-state index is 3.78. The Bertz CT molecular complexity index is 121. The molecule has 0 amide bonds. The molecule has 0 aliphatic carbocycles. The summed E-state index contributed by atoms with van der Waals surface area (Å²) in [6, 6.07) is 0. The van der Waals surface area contributed by atoms with Crippen molar-refractivity contribution < 1.29 is 0 Å². The molecule has 0 unspecified atom stereocenters. The van der Waals surface area contributed by atoms with Crippen molar-refractivity contribution in [3.8, 4) is 0 Å². The molecule has 0 atom stereocenters. The molecule has 0 saturated carbocycles. The van der Waals surface area contributed by atoms with Crippen molar-refractivity contribution in [1.82, 2.24) is 15.0 Å². The Kier molecular flexibility index (Phi) is 1.06. The topological polar surface area (TPSA) is 30.7 Å². The fourth-order valence-electron chi connectivity index (χ4n) is 0.363. The minimum Gasteiger partial charge on any atom is -0.185 e. The van der Waals surface area contributed by atoms with Gasteiger partial charge in [0.1, 0.15) is 6.20 Å². The van der Waals surface area contributed by atoms with Gasteiger partial charge in [-0.1, -0.05) is 0 Å². The number of aromatic nitrogens is 3. The lowest BCUT2D eigenvalue weighted by Gasteiger charge is -1.85. The molecule has 0 aromatic carbocycles. The summed E-state index contributed by atoms with van der Waals surface area (Å²) in [6.45, 7) is 2.80. The molecule has 0 fully saturated rings. The van der Waals surface area contributed by atoms with Crippen LogP contribution < -0.4 is 0 Å². The molecule has 0 spiro atoms. The first-order valence-corrected chi connectivity index (χ1v) is 2.19. The van der Waals surface area contributed by atoms with E-state index in [0.717, 1.165) is 6.54 Å². The van der Waals surface area contributed by atoms with E-state index in [1.54, 1.807) is 11.0 Å². The van der Waals surface area contributed by atoms with Gasteiger partial charge in [0.25, 0.3) is 0 Å². The molecule has 0 aliphatic rings. The van der Waals surface area contributed by atoms with Crippen molar-refractivity contribution in [1.29, 1.82) is 0 Å². The van der Waals surface area contributed by atoms with Gasteiger partial charge in [0, 0.05) is 0 Å². The van der Waals surface area contributed by atoms with E-state index in [1.807, 2.05) is 6.92 Å². The van der Waals surface area contributed by atoms with Crippen molar-refractivity contribution in [2.75, 3.05) is 0 Å². The van der Waals surface area contributed by atoms with Crippen molar-refractivity contribution in [2.24, 2.45) is 0 Å². The van der Waals surface area contributed by atoms with Crippen LogP contribution in [0.2, 0.25) is 0 Å². The third-order valence-electron chi connectivity index (χ3n) is 0.705. The molecule has 0 N–H and O–H groups in total. The summed E-state index contributed by atoms with van der Waals surface area (Å²) in [5.41, 5.74) is 0. The number of hydrogen-bond acceptors (Lipinski definition) is 2. The predicted octanol–water partition coefficient (Wildman–Crippen LogP) is 0.0982. The lowest BCUT2D eigenvalue weighted by Crippen LogP contribution is -1.96. The highest BCUT2D eigenvalue weighted by Gasteiger charge is 1.79.